The summed E-state index contributed by atoms with van der Waals surface area (Å²) in [6.07, 6.45) is 3.12. The van der Waals surface area contributed by atoms with Crippen LogP contribution in [0.15, 0.2) is 60.0 Å². The molecule has 2 aliphatic rings. The standard InChI is InChI=1S/C27H30F3N5O3S/c1-35(2)23-13-19(18-4-3-5-20(12-18)27(28,29)30)8-9-24(23)38-26-22(17-6-7-17)14-21(15-32-26)39(36,37)34-25-10-11-31-16-33-25/h3-5,10-12,14-17,19,23-24H,6-9,13H2,1-2H3,(H,31,33,34)/t19-,23-,24-/m0/s1. The number of hydrogen-bond acceptors (Lipinski definition) is 7. The summed E-state index contributed by atoms with van der Waals surface area (Å²) in [5.41, 5.74) is 0.790. The van der Waals surface area contributed by atoms with Crippen LogP contribution in [-0.4, -0.2) is 54.5 Å². The molecule has 39 heavy (non-hydrogen) atoms. The highest BCUT2D eigenvalue weighted by atomic mass is 32.2. The molecule has 1 N–H and O–H groups in total. The second-order valence-electron chi connectivity index (χ2n) is 10.4. The molecule has 2 heterocycles. The molecule has 8 nitrogen and oxygen atoms in total. The zero-order valence-electron chi connectivity index (χ0n) is 21.6. The summed E-state index contributed by atoms with van der Waals surface area (Å²) in [7, 11) is -0.0547. The Morgan fingerprint density at radius 3 is 2.46 bits per heavy atom. The molecule has 2 aliphatic carbocycles. The molecule has 2 aromatic heterocycles. The third-order valence-electron chi connectivity index (χ3n) is 7.37. The molecule has 2 saturated carbocycles. The van der Waals surface area contributed by atoms with E-state index in [1.54, 1.807) is 12.1 Å². The van der Waals surface area contributed by atoms with Crippen molar-refractivity contribution in [3.8, 4) is 5.88 Å². The summed E-state index contributed by atoms with van der Waals surface area (Å²) in [6, 6.07) is 8.58. The molecule has 0 unspecified atom stereocenters. The summed E-state index contributed by atoms with van der Waals surface area (Å²) < 4.78 is 74.7. The van der Waals surface area contributed by atoms with Crippen molar-refractivity contribution >= 4 is 15.8 Å². The molecule has 2 fully saturated rings. The Balaban J connectivity index is 1.35. The summed E-state index contributed by atoms with van der Waals surface area (Å²) >= 11 is 0. The van der Waals surface area contributed by atoms with Crippen molar-refractivity contribution in [2.45, 2.75) is 67.2 Å². The number of alkyl halides is 3. The second-order valence-corrected chi connectivity index (χ2v) is 12.0. The lowest BCUT2D eigenvalue weighted by Crippen LogP contribution is -2.46. The third kappa shape index (κ3) is 6.33. The van der Waals surface area contributed by atoms with Gasteiger partial charge in [-0.05, 0) is 81.8 Å². The monoisotopic (exact) mass is 561 g/mol. The molecule has 0 radical (unpaired) electrons. The van der Waals surface area contributed by atoms with E-state index in [9.17, 15) is 21.6 Å². The molecule has 0 aliphatic heterocycles. The Hall–Kier alpha value is -3.25. The lowest BCUT2D eigenvalue weighted by molar-refractivity contribution is -0.137. The van der Waals surface area contributed by atoms with Gasteiger partial charge in [-0.1, -0.05) is 18.2 Å². The van der Waals surface area contributed by atoms with Crippen molar-refractivity contribution in [2.24, 2.45) is 0 Å². The third-order valence-corrected chi connectivity index (χ3v) is 8.69. The number of benzene rings is 1. The van der Waals surface area contributed by atoms with Crippen LogP contribution >= 0.6 is 0 Å². The summed E-state index contributed by atoms with van der Waals surface area (Å²) in [5, 5.41) is 0. The van der Waals surface area contributed by atoms with Crippen molar-refractivity contribution in [2.75, 3.05) is 18.8 Å². The number of anilines is 1. The molecule has 5 rings (SSSR count). The van der Waals surface area contributed by atoms with E-state index in [-0.39, 0.29) is 34.7 Å². The largest absolute Gasteiger partial charge is 0.472 e. The molecule has 12 heteroatoms. The Labute approximate surface area is 225 Å². The zero-order valence-corrected chi connectivity index (χ0v) is 22.4. The maximum absolute atomic E-state index is 13.3. The van der Waals surface area contributed by atoms with Gasteiger partial charge in [0.25, 0.3) is 10.0 Å². The van der Waals surface area contributed by atoms with Gasteiger partial charge in [0.15, 0.2) is 0 Å². The predicted molar refractivity (Wildman–Crippen MR) is 139 cm³/mol. The van der Waals surface area contributed by atoms with E-state index in [1.807, 2.05) is 19.0 Å². The average Bonchev–Trinajstić information content (AvgIpc) is 3.74. The number of likely N-dealkylation sites (N-methyl/N-ethyl adjacent to an activating group) is 1. The minimum absolute atomic E-state index is 0.0211. The number of hydrogen-bond donors (Lipinski definition) is 1. The average molecular weight is 562 g/mol. The lowest BCUT2D eigenvalue weighted by Gasteiger charge is -2.40. The van der Waals surface area contributed by atoms with E-state index in [4.69, 9.17) is 4.74 Å². The number of ether oxygens (including phenoxy) is 1. The van der Waals surface area contributed by atoms with Crippen LogP contribution in [-0.2, 0) is 16.2 Å². The van der Waals surface area contributed by atoms with Crippen LogP contribution in [0.25, 0.3) is 0 Å². The van der Waals surface area contributed by atoms with Crippen molar-refractivity contribution in [3.05, 3.63) is 71.8 Å². The Morgan fingerprint density at radius 2 is 1.79 bits per heavy atom. The first-order chi connectivity index (χ1) is 18.5. The molecule has 0 saturated heterocycles. The first-order valence-corrected chi connectivity index (χ1v) is 14.3. The molecule has 0 spiro atoms. The minimum atomic E-state index is -4.38. The van der Waals surface area contributed by atoms with Crippen LogP contribution in [0.5, 0.6) is 5.88 Å². The van der Waals surface area contributed by atoms with Crippen LogP contribution in [0.2, 0.25) is 0 Å². The minimum Gasteiger partial charge on any atom is -0.472 e. The summed E-state index contributed by atoms with van der Waals surface area (Å²) in [4.78, 5) is 14.2. The van der Waals surface area contributed by atoms with Crippen molar-refractivity contribution in [3.63, 3.8) is 0 Å². The first kappa shape index (κ1) is 27.3. The number of sulfonamides is 1. The molecular formula is C27H30F3N5O3S. The van der Waals surface area contributed by atoms with Crippen LogP contribution < -0.4 is 9.46 Å². The maximum Gasteiger partial charge on any atom is 0.416 e. The summed E-state index contributed by atoms with van der Waals surface area (Å²) in [6.45, 7) is 0. The van der Waals surface area contributed by atoms with Gasteiger partial charge in [-0.2, -0.15) is 13.2 Å². The van der Waals surface area contributed by atoms with Crippen molar-refractivity contribution in [1.29, 1.82) is 0 Å². The van der Waals surface area contributed by atoms with E-state index in [2.05, 4.69) is 19.7 Å². The van der Waals surface area contributed by atoms with Gasteiger partial charge in [0.05, 0.1) is 11.8 Å². The Morgan fingerprint density at radius 1 is 1.03 bits per heavy atom. The molecule has 1 aromatic carbocycles. The topological polar surface area (TPSA) is 97.3 Å². The number of nitrogens with zero attached hydrogens (tertiary/aromatic N) is 4. The molecule has 208 valence electrons. The number of rotatable bonds is 8. The van der Waals surface area contributed by atoms with Crippen molar-refractivity contribution < 1.29 is 26.3 Å². The van der Waals surface area contributed by atoms with E-state index < -0.39 is 21.8 Å². The second kappa shape index (κ2) is 10.7. The van der Waals surface area contributed by atoms with Gasteiger partial charge in [-0.3, -0.25) is 4.72 Å². The molecule has 3 aromatic rings. The fraction of sp³-hybridized carbons (Fsp3) is 0.444. The predicted octanol–water partition coefficient (Wildman–Crippen LogP) is 5.21. The smallest absolute Gasteiger partial charge is 0.416 e. The van der Waals surface area contributed by atoms with Gasteiger partial charge in [0.2, 0.25) is 5.88 Å². The Kier molecular flexibility index (Phi) is 7.51. The van der Waals surface area contributed by atoms with Gasteiger partial charge in [0, 0.05) is 17.8 Å². The van der Waals surface area contributed by atoms with E-state index in [0.717, 1.165) is 24.5 Å². The molecular weight excluding hydrogens is 531 g/mol. The normalized spacial score (nSPS) is 22.1. The number of halogens is 3. The highest BCUT2D eigenvalue weighted by Gasteiger charge is 2.38. The van der Waals surface area contributed by atoms with Gasteiger partial charge in [-0.15, -0.1) is 0 Å². The zero-order chi connectivity index (χ0) is 27.8. The fourth-order valence-corrected chi connectivity index (χ4v) is 6.13. The number of aromatic nitrogens is 3. The Bertz CT molecular complexity index is 1420. The van der Waals surface area contributed by atoms with Crippen molar-refractivity contribution in [1.82, 2.24) is 19.9 Å². The lowest BCUT2D eigenvalue weighted by atomic mass is 9.79. The van der Waals surface area contributed by atoms with Crippen LogP contribution in [0, 0.1) is 0 Å². The first-order valence-electron chi connectivity index (χ1n) is 12.8. The highest BCUT2D eigenvalue weighted by molar-refractivity contribution is 7.92. The van der Waals surface area contributed by atoms with Gasteiger partial charge < -0.3 is 9.64 Å². The highest BCUT2D eigenvalue weighted by Crippen LogP contribution is 2.45. The van der Waals surface area contributed by atoms with Crippen LogP contribution in [0.1, 0.15) is 60.6 Å². The van der Waals surface area contributed by atoms with Gasteiger partial charge >= 0.3 is 6.18 Å². The SMILES string of the molecule is CN(C)[C@H]1C[C@@H](c2cccc(C(F)(F)F)c2)CC[C@@H]1Oc1ncc(S(=O)(=O)Nc2ccncn2)cc1C1CC1. The fourth-order valence-electron chi connectivity index (χ4n) is 5.14. The molecule has 0 amide bonds. The number of nitrogens with one attached hydrogen (secondary N) is 1. The van der Waals surface area contributed by atoms with E-state index in [0.29, 0.717) is 30.7 Å². The summed E-state index contributed by atoms with van der Waals surface area (Å²) in [5.74, 6) is 0.703. The molecule has 0 bridgehead atoms. The quantitative estimate of drug-likeness (QED) is 0.403. The van der Waals surface area contributed by atoms with E-state index in [1.165, 1.54) is 36.9 Å². The van der Waals surface area contributed by atoms with Crippen LogP contribution in [0.4, 0.5) is 19.0 Å². The van der Waals surface area contributed by atoms with Gasteiger partial charge in [0.1, 0.15) is 23.1 Å². The van der Waals surface area contributed by atoms with E-state index >= 15 is 0 Å². The molecule has 3 atom stereocenters. The maximum atomic E-state index is 13.3. The number of pyridine rings is 1. The van der Waals surface area contributed by atoms with Crippen LogP contribution in [0.3, 0.4) is 0 Å². The van der Waals surface area contributed by atoms with Gasteiger partial charge in [-0.25, -0.2) is 23.4 Å².